The van der Waals surface area contributed by atoms with E-state index in [0.29, 0.717) is 12.3 Å². The molecule has 0 aliphatic rings. The Bertz CT molecular complexity index is 845. The molecule has 0 saturated carbocycles. The number of hydrogen-bond acceptors (Lipinski definition) is 4. The largest absolute Gasteiger partial charge is 0.481 e. The zero-order chi connectivity index (χ0) is 16.2. The van der Waals surface area contributed by atoms with Crippen molar-refractivity contribution in [1.29, 1.82) is 0 Å². The molecule has 118 valence electrons. The van der Waals surface area contributed by atoms with E-state index < -0.39 is 5.97 Å². The zero-order valence-corrected chi connectivity index (χ0v) is 13.6. The molecule has 0 bridgehead atoms. The van der Waals surface area contributed by atoms with E-state index in [2.05, 4.69) is 33.6 Å². The highest BCUT2D eigenvalue weighted by Crippen LogP contribution is 2.20. The molecule has 2 heterocycles. The molecule has 1 aromatic carbocycles. The number of nitrogens with zero attached hydrogens (tertiary/aromatic N) is 3. The first-order chi connectivity index (χ1) is 11.1. The predicted molar refractivity (Wildman–Crippen MR) is 91.6 cm³/mol. The molecule has 2 aromatic heterocycles. The third-order valence-corrected chi connectivity index (χ3v) is 4.54. The molecule has 0 unspecified atom stereocenters. The lowest BCUT2D eigenvalue weighted by molar-refractivity contribution is -0.133. The van der Waals surface area contributed by atoms with Gasteiger partial charge in [0.15, 0.2) is 5.65 Å². The van der Waals surface area contributed by atoms with Crippen molar-refractivity contribution in [2.45, 2.75) is 19.2 Å². The number of rotatable bonds is 6. The van der Waals surface area contributed by atoms with E-state index in [9.17, 15) is 4.79 Å². The summed E-state index contributed by atoms with van der Waals surface area (Å²) in [7, 11) is 0. The van der Waals surface area contributed by atoms with Crippen molar-refractivity contribution in [3.8, 4) is 0 Å². The lowest BCUT2D eigenvalue weighted by Crippen LogP contribution is -2.07. The third-order valence-electron chi connectivity index (χ3n) is 3.63. The maximum Gasteiger partial charge on any atom is 0.313 e. The number of thioether (sulfide) groups is 1. The second kappa shape index (κ2) is 6.83. The van der Waals surface area contributed by atoms with E-state index in [1.807, 2.05) is 24.3 Å². The van der Waals surface area contributed by atoms with Gasteiger partial charge in [0.25, 0.3) is 0 Å². The minimum atomic E-state index is -0.810. The number of carboxylic acid groups (broad SMARTS) is 1. The molecule has 0 fully saturated rings. The lowest BCUT2D eigenvalue weighted by Gasteiger charge is -2.10. The molecule has 0 aliphatic carbocycles. The van der Waals surface area contributed by atoms with Crippen molar-refractivity contribution in [3.05, 3.63) is 59.5 Å². The summed E-state index contributed by atoms with van der Waals surface area (Å²) < 4.78 is 2.08. The van der Waals surface area contributed by atoms with Crippen molar-refractivity contribution in [2.24, 2.45) is 0 Å². The number of aromatic nitrogens is 3. The first-order valence-corrected chi connectivity index (χ1v) is 8.45. The van der Waals surface area contributed by atoms with Crippen molar-refractivity contribution in [3.63, 3.8) is 0 Å². The SMILES string of the molecule is Cc1ccccc1Cn1c(CSCC(=O)O)nc2cccnc21. The van der Waals surface area contributed by atoms with E-state index in [1.54, 1.807) is 6.20 Å². The number of imidazole rings is 1. The Kier molecular flexibility index (Phi) is 4.62. The molecule has 3 aromatic rings. The van der Waals surface area contributed by atoms with Gasteiger partial charge in [0.2, 0.25) is 0 Å². The highest BCUT2D eigenvalue weighted by Gasteiger charge is 2.13. The van der Waals surface area contributed by atoms with Crippen molar-refractivity contribution in [2.75, 3.05) is 5.75 Å². The zero-order valence-electron chi connectivity index (χ0n) is 12.8. The fraction of sp³-hybridized carbons (Fsp3) is 0.235. The van der Waals surface area contributed by atoms with Crippen LogP contribution in [0.2, 0.25) is 0 Å². The smallest absolute Gasteiger partial charge is 0.313 e. The highest BCUT2D eigenvalue weighted by atomic mass is 32.2. The standard InChI is InChI=1S/C17H17N3O2S/c1-12-5-2-3-6-13(12)9-20-15(10-23-11-16(21)22)19-14-7-4-8-18-17(14)20/h2-8H,9-11H2,1H3,(H,21,22). The summed E-state index contributed by atoms with van der Waals surface area (Å²) in [6.45, 7) is 2.77. The van der Waals surface area contributed by atoms with Gasteiger partial charge in [-0.05, 0) is 30.2 Å². The number of pyridine rings is 1. The molecular weight excluding hydrogens is 310 g/mol. The summed E-state index contributed by atoms with van der Waals surface area (Å²) in [5.74, 6) is 0.665. The van der Waals surface area contributed by atoms with Gasteiger partial charge in [-0.25, -0.2) is 9.97 Å². The Morgan fingerprint density at radius 2 is 2.09 bits per heavy atom. The van der Waals surface area contributed by atoms with Gasteiger partial charge in [-0.3, -0.25) is 4.79 Å². The second-order valence-electron chi connectivity index (χ2n) is 5.27. The molecule has 0 spiro atoms. The van der Waals surface area contributed by atoms with Crippen LogP contribution in [0.5, 0.6) is 0 Å². The van der Waals surface area contributed by atoms with Gasteiger partial charge in [0, 0.05) is 6.20 Å². The third kappa shape index (κ3) is 3.53. The van der Waals surface area contributed by atoms with Crippen LogP contribution < -0.4 is 0 Å². The van der Waals surface area contributed by atoms with Gasteiger partial charge in [-0.15, -0.1) is 11.8 Å². The summed E-state index contributed by atoms with van der Waals surface area (Å²) in [5.41, 5.74) is 4.10. The number of carboxylic acids is 1. The van der Waals surface area contributed by atoms with Crippen LogP contribution in [0.4, 0.5) is 0 Å². The monoisotopic (exact) mass is 327 g/mol. The highest BCUT2D eigenvalue weighted by molar-refractivity contribution is 7.99. The maximum absolute atomic E-state index is 10.7. The molecular formula is C17H17N3O2S. The van der Waals surface area contributed by atoms with Gasteiger partial charge >= 0.3 is 5.97 Å². The van der Waals surface area contributed by atoms with Crippen LogP contribution in [0.15, 0.2) is 42.6 Å². The quantitative estimate of drug-likeness (QED) is 0.753. The first-order valence-electron chi connectivity index (χ1n) is 7.29. The molecule has 0 aliphatic heterocycles. The molecule has 23 heavy (non-hydrogen) atoms. The van der Waals surface area contributed by atoms with Gasteiger partial charge in [0.05, 0.1) is 18.1 Å². The van der Waals surface area contributed by atoms with E-state index in [4.69, 9.17) is 5.11 Å². The molecule has 0 radical (unpaired) electrons. The first kappa shape index (κ1) is 15.6. The summed E-state index contributed by atoms with van der Waals surface area (Å²) in [4.78, 5) is 19.8. The topological polar surface area (TPSA) is 68.0 Å². The number of benzene rings is 1. The Morgan fingerprint density at radius 3 is 2.87 bits per heavy atom. The Balaban J connectivity index is 1.95. The molecule has 1 N–H and O–H groups in total. The van der Waals surface area contributed by atoms with E-state index in [0.717, 1.165) is 17.0 Å². The van der Waals surface area contributed by atoms with Gasteiger partial charge in [0.1, 0.15) is 11.3 Å². The van der Waals surface area contributed by atoms with Crippen LogP contribution in [0.25, 0.3) is 11.2 Å². The van der Waals surface area contributed by atoms with Crippen LogP contribution in [0, 0.1) is 6.92 Å². The van der Waals surface area contributed by atoms with Crippen LogP contribution in [0.3, 0.4) is 0 Å². The maximum atomic E-state index is 10.7. The number of aliphatic carboxylic acids is 1. The van der Waals surface area contributed by atoms with E-state index >= 15 is 0 Å². The Labute approximate surface area is 138 Å². The Morgan fingerprint density at radius 1 is 1.26 bits per heavy atom. The normalized spacial score (nSPS) is 11.0. The van der Waals surface area contributed by atoms with Crippen molar-refractivity contribution < 1.29 is 9.90 Å². The average Bonchev–Trinajstić information content (AvgIpc) is 2.87. The van der Waals surface area contributed by atoms with Gasteiger partial charge in [-0.1, -0.05) is 24.3 Å². The number of fused-ring (bicyclic) bond motifs is 1. The molecule has 0 amide bonds. The van der Waals surface area contributed by atoms with Gasteiger partial charge < -0.3 is 9.67 Å². The summed E-state index contributed by atoms with van der Waals surface area (Å²) in [6, 6.07) is 12.0. The summed E-state index contributed by atoms with van der Waals surface area (Å²) >= 11 is 1.35. The molecule has 6 heteroatoms. The second-order valence-corrected chi connectivity index (χ2v) is 6.26. The predicted octanol–water partition coefficient (Wildman–Crippen LogP) is 3.11. The van der Waals surface area contributed by atoms with Crippen molar-refractivity contribution in [1.82, 2.24) is 14.5 Å². The summed E-state index contributed by atoms with van der Waals surface area (Å²) in [5, 5.41) is 8.81. The van der Waals surface area contributed by atoms with Crippen LogP contribution >= 0.6 is 11.8 Å². The van der Waals surface area contributed by atoms with Crippen LogP contribution in [-0.4, -0.2) is 31.4 Å². The van der Waals surface area contributed by atoms with Gasteiger partial charge in [-0.2, -0.15) is 0 Å². The van der Waals surface area contributed by atoms with Crippen LogP contribution in [-0.2, 0) is 17.1 Å². The fourth-order valence-corrected chi connectivity index (χ4v) is 3.15. The number of hydrogen-bond donors (Lipinski definition) is 1. The van der Waals surface area contributed by atoms with Crippen molar-refractivity contribution >= 4 is 28.9 Å². The molecule has 0 atom stereocenters. The minimum absolute atomic E-state index is 0.0704. The lowest BCUT2D eigenvalue weighted by atomic mass is 10.1. The Hall–Kier alpha value is -2.34. The fourth-order valence-electron chi connectivity index (χ4n) is 2.47. The summed E-state index contributed by atoms with van der Waals surface area (Å²) in [6.07, 6.45) is 1.76. The van der Waals surface area contributed by atoms with Crippen LogP contribution in [0.1, 0.15) is 17.0 Å². The minimum Gasteiger partial charge on any atom is -0.481 e. The molecule has 5 nitrogen and oxygen atoms in total. The number of aryl methyl sites for hydroxylation is 1. The van der Waals surface area contributed by atoms with E-state index in [-0.39, 0.29) is 5.75 Å². The van der Waals surface area contributed by atoms with E-state index in [1.165, 1.54) is 22.9 Å². The number of carbonyl (C=O) groups is 1. The molecule has 0 saturated heterocycles. The molecule has 3 rings (SSSR count). The average molecular weight is 327 g/mol.